The first-order chi connectivity index (χ1) is 11.5. The summed E-state index contributed by atoms with van der Waals surface area (Å²) >= 11 is 0. The van der Waals surface area contributed by atoms with E-state index >= 15 is 0 Å². The molecule has 4 rings (SSSR count). The van der Waals surface area contributed by atoms with Crippen molar-refractivity contribution in [1.82, 2.24) is 4.57 Å². The maximum absolute atomic E-state index is 9.17. The van der Waals surface area contributed by atoms with E-state index in [1.165, 1.54) is 19.3 Å². The molecule has 1 aromatic heterocycles. The Kier molecular flexibility index (Phi) is 2.88. The first-order valence-corrected chi connectivity index (χ1v) is 8.43. The number of nitrogens with zero attached hydrogens (tertiary/aromatic N) is 2. The number of hydrogen-bond donors (Lipinski definition) is 0. The molecule has 2 heterocycles. The molecule has 0 saturated heterocycles. The van der Waals surface area contributed by atoms with Crippen molar-refractivity contribution in [3.05, 3.63) is 53.6 Å². The third kappa shape index (κ3) is 2.13. The Bertz CT molecular complexity index is 815. The van der Waals surface area contributed by atoms with E-state index in [0.717, 1.165) is 35.5 Å². The van der Waals surface area contributed by atoms with Crippen LogP contribution >= 0.6 is 0 Å². The van der Waals surface area contributed by atoms with Crippen molar-refractivity contribution in [1.29, 1.82) is 0 Å². The maximum atomic E-state index is 9.17. The Morgan fingerprint density at radius 3 is 2.73 bits per heavy atom. The SMILES string of the molecule is [2H]c1n2c(c(C)[n+]1-c1ccccc1C)C=CC2([2H])C1CCCCC1. The second kappa shape index (κ2) is 5.42. The molecule has 1 atom stereocenters. The molecule has 1 aliphatic heterocycles. The van der Waals surface area contributed by atoms with Gasteiger partial charge in [0.2, 0.25) is 6.30 Å². The number of aryl methyl sites for hydroxylation is 1. The van der Waals surface area contributed by atoms with Crippen LogP contribution in [-0.4, -0.2) is 4.57 Å². The van der Waals surface area contributed by atoms with Crippen LogP contribution in [0, 0.1) is 19.8 Å². The Morgan fingerprint density at radius 1 is 1.18 bits per heavy atom. The largest absolute Gasteiger partial charge is 0.250 e. The van der Waals surface area contributed by atoms with Gasteiger partial charge in [0.15, 0.2) is 12.8 Å². The van der Waals surface area contributed by atoms with Gasteiger partial charge in [0, 0.05) is 12.8 Å². The van der Waals surface area contributed by atoms with E-state index in [0.29, 0.717) is 12.2 Å². The molecular formula is C20H25N2+. The maximum Gasteiger partial charge on any atom is 0.250 e. The van der Waals surface area contributed by atoms with E-state index in [1.807, 2.05) is 27.3 Å². The topological polar surface area (TPSA) is 8.81 Å². The molecule has 0 amide bonds. The fraction of sp³-hybridized carbons (Fsp3) is 0.450. The number of benzene rings is 1. The molecule has 2 aliphatic rings. The molecule has 0 spiro atoms. The number of allylic oxidation sites excluding steroid dienone is 1. The molecule has 1 unspecified atom stereocenters. The van der Waals surface area contributed by atoms with Crippen LogP contribution in [-0.2, 0) is 0 Å². The summed E-state index contributed by atoms with van der Waals surface area (Å²) in [5.74, 6) is 0.310. The van der Waals surface area contributed by atoms with Crippen LogP contribution in [0.15, 0.2) is 36.6 Å². The van der Waals surface area contributed by atoms with E-state index in [4.69, 9.17) is 2.74 Å². The van der Waals surface area contributed by atoms with Gasteiger partial charge in [-0.2, -0.15) is 4.57 Å². The fourth-order valence-electron chi connectivity index (χ4n) is 3.90. The molecule has 1 aromatic carbocycles. The summed E-state index contributed by atoms with van der Waals surface area (Å²) in [5.41, 5.74) is 4.27. The van der Waals surface area contributed by atoms with Crippen molar-refractivity contribution in [3.8, 4) is 5.69 Å². The Hall–Kier alpha value is -1.83. The Balaban J connectivity index is 1.87. The Morgan fingerprint density at radius 2 is 1.95 bits per heavy atom. The second-order valence-electron chi connectivity index (χ2n) is 6.62. The molecule has 1 saturated carbocycles. The summed E-state index contributed by atoms with van der Waals surface area (Å²) in [6, 6.07) is 7.38. The molecule has 114 valence electrons. The summed E-state index contributed by atoms with van der Waals surface area (Å²) in [5, 5.41) is 0. The van der Waals surface area contributed by atoms with Gasteiger partial charge in [0.1, 0.15) is 11.7 Å². The van der Waals surface area contributed by atoms with Gasteiger partial charge in [-0.1, -0.05) is 37.5 Å². The van der Waals surface area contributed by atoms with E-state index < -0.39 is 6.02 Å². The average Bonchev–Trinajstić information content (AvgIpc) is 3.07. The third-order valence-electron chi connectivity index (χ3n) is 5.20. The van der Waals surface area contributed by atoms with Gasteiger partial charge in [-0.3, -0.25) is 0 Å². The van der Waals surface area contributed by atoms with Gasteiger partial charge < -0.3 is 0 Å². The van der Waals surface area contributed by atoms with Crippen molar-refractivity contribution in [3.63, 3.8) is 0 Å². The summed E-state index contributed by atoms with van der Waals surface area (Å²) in [7, 11) is 0. The minimum Gasteiger partial charge on any atom is -0.223 e. The van der Waals surface area contributed by atoms with Crippen molar-refractivity contribution in [2.24, 2.45) is 5.92 Å². The summed E-state index contributed by atoms with van der Waals surface area (Å²) in [6.45, 7) is 4.14. The zero-order valence-electron chi connectivity index (χ0n) is 15.5. The van der Waals surface area contributed by atoms with Crippen LogP contribution in [0.25, 0.3) is 11.8 Å². The monoisotopic (exact) mass is 295 g/mol. The number of fused-ring (bicyclic) bond motifs is 1. The highest BCUT2D eigenvalue weighted by atomic mass is 15.2. The first kappa shape index (κ1) is 11.7. The summed E-state index contributed by atoms with van der Waals surface area (Å²) in [4.78, 5) is 0. The normalized spacial score (nSPS) is 25.9. The molecule has 2 aromatic rings. The molecule has 2 heteroatoms. The summed E-state index contributed by atoms with van der Waals surface area (Å²) in [6.07, 6.45) is 10.4. The smallest absolute Gasteiger partial charge is 0.223 e. The van der Waals surface area contributed by atoms with E-state index in [-0.39, 0.29) is 0 Å². The lowest BCUT2D eigenvalue weighted by atomic mass is 9.84. The van der Waals surface area contributed by atoms with Crippen molar-refractivity contribution in [2.75, 3.05) is 0 Å². The quantitative estimate of drug-likeness (QED) is 0.720. The average molecular weight is 295 g/mol. The molecule has 0 bridgehead atoms. The minimum absolute atomic E-state index is 0.310. The van der Waals surface area contributed by atoms with Crippen LogP contribution in [0.2, 0.25) is 0 Å². The second-order valence-corrected chi connectivity index (χ2v) is 6.62. The molecule has 1 fully saturated rings. The lowest BCUT2D eigenvalue weighted by Crippen LogP contribution is -2.33. The molecular weight excluding hydrogens is 268 g/mol. The van der Waals surface area contributed by atoms with Gasteiger partial charge >= 0.3 is 0 Å². The van der Waals surface area contributed by atoms with Crippen LogP contribution in [0.5, 0.6) is 0 Å². The highest BCUT2D eigenvalue weighted by molar-refractivity contribution is 5.52. The number of hydrogen-bond acceptors (Lipinski definition) is 0. The number of para-hydroxylation sites is 1. The van der Waals surface area contributed by atoms with E-state index in [1.54, 1.807) is 0 Å². The van der Waals surface area contributed by atoms with Gasteiger partial charge in [0.05, 0.1) is 1.37 Å². The van der Waals surface area contributed by atoms with Crippen LogP contribution in [0.1, 0.15) is 57.8 Å². The van der Waals surface area contributed by atoms with Gasteiger partial charge in [-0.25, -0.2) is 4.57 Å². The number of aromatic nitrogens is 2. The zero-order chi connectivity index (χ0) is 16.9. The highest BCUT2D eigenvalue weighted by Gasteiger charge is 2.34. The molecule has 2 nitrogen and oxygen atoms in total. The third-order valence-corrected chi connectivity index (χ3v) is 5.20. The van der Waals surface area contributed by atoms with Crippen LogP contribution in [0.4, 0.5) is 0 Å². The lowest BCUT2D eigenvalue weighted by molar-refractivity contribution is -0.602. The highest BCUT2D eigenvalue weighted by Crippen LogP contribution is 2.38. The van der Waals surface area contributed by atoms with Crippen LogP contribution in [0.3, 0.4) is 0 Å². The zero-order valence-corrected chi connectivity index (χ0v) is 13.5. The molecule has 0 N–H and O–H groups in total. The minimum atomic E-state index is -0.800. The Labute approximate surface area is 135 Å². The van der Waals surface area contributed by atoms with Crippen LogP contribution < -0.4 is 4.57 Å². The predicted octanol–water partition coefficient (Wildman–Crippen LogP) is 4.53. The predicted molar refractivity (Wildman–Crippen MR) is 90.1 cm³/mol. The van der Waals surface area contributed by atoms with E-state index in [2.05, 4.69) is 32.1 Å². The number of rotatable bonds is 2. The number of imidazole rings is 1. The van der Waals surface area contributed by atoms with Crippen molar-refractivity contribution >= 4 is 6.08 Å². The van der Waals surface area contributed by atoms with Gasteiger partial charge in [0.25, 0.3) is 0 Å². The standard InChI is InChI=1S/C20H25N2/c1-15-8-6-7-11-18(15)21-14-22-19(16(21)2)12-13-20(22)17-9-4-3-5-10-17/h6-8,11-14,17,20H,3-5,9-10H2,1-2H3/q+1/i14D,20D. The lowest BCUT2D eigenvalue weighted by Gasteiger charge is -2.24. The fourth-order valence-corrected chi connectivity index (χ4v) is 3.90. The van der Waals surface area contributed by atoms with E-state index in [9.17, 15) is 0 Å². The van der Waals surface area contributed by atoms with Gasteiger partial charge in [-0.15, -0.1) is 0 Å². The molecule has 0 radical (unpaired) electrons. The van der Waals surface area contributed by atoms with Crippen molar-refractivity contribution < 1.29 is 7.31 Å². The van der Waals surface area contributed by atoms with Crippen molar-refractivity contribution in [2.45, 2.75) is 52.0 Å². The van der Waals surface area contributed by atoms with Gasteiger partial charge in [-0.05, 0) is 43.5 Å². The summed E-state index contributed by atoms with van der Waals surface area (Å²) < 4.78 is 21.9. The molecule has 22 heavy (non-hydrogen) atoms. The molecule has 1 aliphatic carbocycles. The first-order valence-electron chi connectivity index (χ1n) is 9.43.